The second-order valence-electron chi connectivity index (χ2n) is 5.31. The molecule has 1 fully saturated rings. The number of rotatable bonds is 4. The molecule has 1 unspecified atom stereocenters. The molecule has 18 heavy (non-hydrogen) atoms. The van der Waals surface area contributed by atoms with Gasteiger partial charge in [-0.3, -0.25) is 4.79 Å². The lowest BCUT2D eigenvalue weighted by atomic mass is 9.87. The number of aryl methyl sites for hydroxylation is 1. The molecule has 0 N–H and O–H groups in total. The Bertz CT molecular complexity index is 400. The van der Waals surface area contributed by atoms with Crippen molar-refractivity contribution in [2.24, 2.45) is 0 Å². The van der Waals surface area contributed by atoms with Gasteiger partial charge in [0.2, 0.25) is 0 Å². The van der Waals surface area contributed by atoms with E-state index in [0.29, 0.717) is 6.61 Å². The van der Waals surface area contributed by atoms with E-state index in [9.17, 15) is 4.79 Å². The zero-order chi connectivity index (χ0) is 13.0. The summed E-state index contributed by atoms with van der Waals surface area (Å²) in [7, 11) is 0. The van der Waals surface area contributed by atoms with Gasteiger partial charge in [-0.25, -0.2) is 0 Å². The molecule has 0 aromatic heterocycles. The van der Waals surface area contributed by atoms with Crippen molar-refractivity contribution >= 4 is 5.78 Å². The molecule has 2 nitrogen and oxygen atoms in total. The molecule has 1 aliphatic heterocycles. The van der Waals surface area contributed by atoms with E-state index in [2.05, 4.69) is 19.1 Å². The quantitative estimate of drug-likeness (QED) is 0.756. The van der Waals surface area contributed by atoms with Crippen LogP contribution in [0.2, 0.25) is 0 Å². The molecule has 0 bridgehead atoms. The highest BCUT2D eigenvalue weighted by atomic mass is 16.5. The summed E-state index contributed by atoms with van der Waals surface area (Å²) in [6.45, 7) is 4.79. The fraction of sp³-hybridized carbons (Fsp3) is 0.562. The van der Waals surface area contributed by atoms with Crippen LogP contribution in [0.25, 0.3) is 0 Å². The lowest BCUT2D eigenvalue weighted by molar-refractivity contribution is -0.0426. The highest BCUT2D eigenvalue weighted by molar-refractivity contribution is 6.02. The molecule has 2 rings (SSSR count). The van der Waals surface area contributed by atoms with Crippen molar-refractivity contribution in [3.63, 3.8) is 0 Å². The predicted octanol–water partition coefficient (Wildman–Crippen LogP) is 3.78. The molecule has 1 aromatic rings. The molecule has 1 aromatic carbocycles. The Kier molecular flexibility index (Phi) is 4.18. The zero-order valence-electron chi connectivity index (χ0n) is 11.4. The van der Waals surface area contributed by atoms with Gasteiger partial charge in [-0.15, -0.1) is 0 Å². The maximum absolute atomic E-state index is 12.5. The van der Waals surface area contributed by atoms with Crippen LogP contribution in [0.15, 0.2) is 24.3 Å². The molecular weight excluding hydrogens is 224 g/mol. The van der Waals surface area contributed by atoms with Gasteiger partial charge in [0.05, 0.1) is 0 Å². The minimum absolute atomic E-state index is 0.130. The lowest BCUT2D eigenvalue weighted by Crippen LogP contribution is -2.41. The van der Waals surface area contributed by atoms with Crippen molar-refractivity contribution in [2.75, 3.05) is 6.61 Å². The number of carbonyl (C=O) groups is 1. The van der Waals surface area contributed by atoms with Gasteiger partial charge in [0, 0.05) is 12.2 Å². The first-order valence-electron chi connectivity index (χ1n) is 6.93. The zero-order valence-corrected chi connectivity index (χ0v) is 11.4. The Morgan fingerprint density at radius 1 is 1.28 bits per heavy atom. The van der Waals surface area contributed by atoms with Crippen LogP contribution in [0.5, 0.6) is 0 Å². The van der Waals surface area contributed by atoms with E-state index in [1.54, 1.807) is 0 Å². The number of benzene rings is 1. The minimum Gasteiger partial charge on any atom is -0.367 e. The highest BCUT2D eigenvalue weighted by Gasteiger charge is 2.36. The summed E-state index contributed by atoms with van der Waals surface area (Å²) in [5.41, 5.74) is 1.47. The maximum atomic E-state index is 12.5. The normalized spacial score (nSPS) is 23.9. The van der Waals surface area contributed by atoms with Crippen molar-refractivity contribution in [3.8, 4) is 0 Å². The summed E-state index contributed by atoms with van der Waals surface area (Å²) in [5, 5.41) is 0. The van der Waals surface area contributed by atoms with Crippen molar-refractivity contribution in [3.05, 3.63) is 35.4 Å². The monoisotopic (exact) mass is 246 g/mol. The largest absolute Gasteiger partial charge is 0.367 e. The van der Waals surface area contributed by atoms with Gasteiger partial charge in [0.15, 0.2) is 5.78 Å². The van der Waals surface area contributed by atoms with E-state index in [1.165, 1.54) is 5.56 Å². The number of ether oxygens (including phenoxy) is 1. The molecule has 1 aliphatic rings. The molecule has 1 atom stereocenters. The fourth-order valence-corrected chi connectivity index (χ4v) is 2.53. The summed E-state index contributed by atoms with van der Waals surface area (Å²) in [6.07, 6.45) is 5.19. The van der Waals surface area contributed by atoms with Gasteiger partial charge in [0.1, 0.15) is 5.60 Å². The highest BCUT2D eigenvalue weighted by Crippen LogP contribution is 2.28. The Labute approximate surface area is 109 Å². The molecule has 1 saturated heterocycles. The number of carbonyl (C=O) groups excluding carboxylic acids is 1. The predicted molar refractivity (Wildman–Crippen MR) is 73.0 cm³/mol. The van der Waals surface area contributed by atoms with Gasteiger partial charge in [-0.2, -0.15) is 0 Å². The van der Waals surface area contributed by atoms with Crippen LogP contribution in [0, 0.1) is 0 Å². The van der Waals surface area contributed by atoms with Gasteiger partial charge < -0.3 is 4.74 Å². The molecule has 0 radical (unpaired) electrons. The van der Waals surface area contributed by atoms with Gasteiger partial charge in [-0.1, -0.05) is 37.6 Å². The van der Waals surface area contributed by atoms with Crippen LogP contribution in [0.1, 0.15) is 55.5 Å². The second kappa shape index (κ2) is 5.66. The third-order valence-electron chi connectivity index (χ3n) is 3.70. The summed E-state index contributed by atoms with van der Waals surface area (Å²) >= 11 is 0. The average Bonchev–Trinajstić information content (AvgIpc) is 2.40. The van der Waals surface area contributed by atoms with E-state index in [-0.39, 0.29) is 5.78 Å². The van der Waals surface area contributed by atoms with Gasteiger partial charge in [-0.05, 0) is 38.2 Å². The molecule has 0 spiro atoms. The summed E-state index contributed by atoms with van der Waals surface area (Å²) in [5.74, 6) is 0.130. The lowest BCUT2D eigenvalue weighted by Gasteiger charge is -2.32. The van der Waals surface area contributed by atoms with Crippen LogP contribution in [-0.2, 0) is 11.2 Å². The van der Waals surface area contributed by atoms with Crippen molar-refractivity contribution in [1.29, 1.82) is 0 Å². The van der Waals surface area contributed by atoms with Crippen molar-refractivity contribution in [1.82, 2.24) is 0 Å². The molecule has 0 amide bonds. The Balaban J connectivity index is 2.12. The maximum Gasteiger partial charge on any atom is 0.194 e. The topological polar surface area (TPSA) is 26.3 Å². The molecule has 1 heterocycles. The van der Waals surface area contributed by atoms with Crippen LogP contribution in [0.4, 0.5) is 0 Å². The first-order chi connectivity index (χ1) is 8.65. The average molecular weight is 246 g/mol. The Morgan fingerprint density at radius 2 is 2.00 bits per heavy atom. The van der Waals surface area contributed by atoms with Gasteiger partial charge in [0.25, 0.3) is 0 Å². The summed E-state index contributed by atoms with van der Waals surface area (Å²) in [6, 6.07) is 8.00. The van der Waals surface area contributed by atoms with Crippen LogP contribution in [0.3, 0.4) is 0 Å². The van der Waals surface area contributed by atoms with Crippen molar-refractivity contribution in [2.45, 2.75) is 51.6 Å². The van der Waals surface area contributed by atoms with E-state index >= 15 is 0 Å². The third-order valence-corrected chi connectivity index (χ3v) is 3.70. The Morgan fingerprint density at radius 3 is 2.56 bits per heavy atom. The third kappa shape index (κ3) is 2.81. The van der Waals surface area contributed by atoms with Crippen LogP contribution in [-0.4, -0.2) is 18.0 Å². The number of hydrogen-bond donors (Lipinski definition) is 0. The number of hydrogen-bond acceptors (Lipinski definition) is 2. The Hall–Kier alpha value is -1.15. The first kappa shape index (κ1) is 13.3. The van der Waals surface area contributed by atoms with E-state index < -0.39 is 5.60 Å². The second-order valence-corrected chi connectivity index (χ2v) is 5.31. The van der Waals surface area contributed by atoms with Crippen LogP contribution < -0.4 is 0 Å². The molecule has 2 heteroatoms. The van der Waals surface area contributed by atoms with E-state index in [0.717, 1.165) is 37.7 Å². The SMILES string of the molecule is CCCc1ccc(C(=O)C2(C)CCCCO2)cc1. The molecule has 0 aliphatic carbocycles. The van der Waals surface area contributed by atoms with Gasteiger partial charge >= 0.3 is 0 Å². The van der Waals surface area contributed by atoms with E-state index in [1.807, 2.05) is 19.1 Å². The summed E-state index contributed by atoms with van der Waals surface area (Å²) in [4.78, 5) is 12.5. The standard InChI is InChI=1S/C16H22O2/c1-3-6-13-7-9-14(10-8-13)15(17)16(2)11-4-5-12-18-16/h7-10H,3-6,11-12H2,1-2H3. The smallest absolute Gasteiger partial charge is 0.194 e. The molecule has 98 valence electrons. The van der Waals surface area contributed by atoms with Crippen molar-refractivity contribution < 1.29 is 9.53 Å². The number of ketones is 1. The minimum atomic E-state index is -0.607. The fourth-order valence-electron chi connectivity index (χ4n) is 2.53. The van der Waals surface area contributed by atoms with Crippen LogP contribution >= 0.6 is 0 Å². The molecular formula is C16H22O2. The number of Topliss-reactive ketones (excluding diaryl/α,β-unsaturated/α-hetero) is 1. The molecule has 0 saturated carbocycles. The first-order valence-corrected chi connectivity index (χ1v) is 6.93. The summed E-state index contributed by atoms with van der Waals surface area (Å²) < 4.78 is 5.71. The van der Waals surface area contributed by atoms with E-state index in [4.69, 9.17) is 4.74 Å².